The van der Waals surface area contributed by atoms with Crippen molar-refractivity contribution in [2.75, 3.05) is 6.61 Å². The number of aromatic nitrogens is 2. The summed E-state index contributed by atoms with van der Waals surface area (Å²) in [5, 5.41) is 1.72. The van der Waals surface area contributed by atoms with Crippen LogP contribution in [0.25, 0.3) is 4.83 Å². The van der Waals surface area contributed by atoms with Gasteiger partial charge in [-0.15, -0.1) is 11.3 Å². The predicted octanol–water partition coefficient (Wildman–Crippen LogP) is 2.34. The summed E-state index contributed by atoms with van der Waals surface area (Å²) in [6.07, 6.45) is 6.40. The van der Waals surface area contributed by atoms with Crippen LogP contribution in [0.5, 0.6) is 0 Å². The number of fused-ring (bicyclic) bond motifs is 1. The van der Waals surface area contributed by atoms with Crippen molar-refractivity contribution in [2.45, 2.75) is 45.2 Å². The first-order valence-electron chi connectivity index (χ1n) is 7.45. The molecule has 1 saturated heterocycles. The Balaban J connectivity index is 1.63. The van der Waals surface area contributed by atoms with Gasteiger partial charge in [-0.1, -0.05) is 0 Å². The standard InChI is InChI=1S/C15H19N3O3S/c1-10-4-3-5-11(2)18(10)13(19)7-21-15(20)12-8-22-14-6-16-9-17(12)14/h6,8-11H,3-5,7H2,1-2H3/t10-,11+. The van der Waals surface area contributed by atoms with Crippen LogP contribution in [-0.2, 0) is 9.53 Å². The number of nitrogens with zero attached hydrogens (tertiary/aromatic N) is 3. The third kappa shape index (κ3) is 2.72. The number of carbonyl (C=O) groups is 2. The monoisotopic (exact) mass is 321 g/mol. The molecule has 22 heavy (non-hydrogen) atoms. The molecule has 0 saturated carbocycles. The molecule has 2 aromatic heterocycles. The van der Waals surface area contributed by atoms with Crippen molar-refractivity contribution in [3.8, 4) is 0 Å². The molecule has 0 aliphatic carbocycles. The Hall–Kier alpha value is -1.89. The molecule has 0 radical (unpaired) electrons. The van der Waals surface area contributed by atoms with Crippen LogP contribution in [0.1, 0.15) is 43.6 Å². The lowest BCUT2D eigenvalue weighted by molar-refractivity contribution is -0.140. The van der Waals surface area contributed by atoms with E-state index in [0.29, 0.717) is 5.69 Å². The molecule has 7 heteroatoms. The van der Waals surface area contributed by atoms with E-state index in [1.165, 1.54) is 11.3 Å². The van der Waals surface area contributed by atoms with Gasteiger partial charge >= 0.3 is 5.97 Å². The maximum atomic E-state index is 12.3. The number of likely N-dealkylation sites (tertiary alicyclic amines) is 1. The number of esters is 1. The number of thiazole rings is 1. The normalized spacial score (nSPS) is 22.0. The summed E-state index contributed by atoms with van der Waals surface area (Å²) in [6, 6.07) is 0.410. The highest BCUT2D eigenvalue weighted by atomic mass is 32.1. The van der Waals surface area contributed by atoms with E-state index in [-0.39, 0.29) is 24.6 Å². The number of amides is 1. The molecule has 1 aliphatic heterocycles. The fourth-order valence-corrected chi connectivity index (χ4v) is 3.88. The van der Waals surface area contributed by atoms with E-state index >= 15 is 0 Å². The minimum absolute atomic E-state index is 0.120. The van der Waals surface area contributed by atoms with Gasteiger partial charge in [0.05, 0.1) is 6.20 Å². The fraction of sp³-hybridized carbons (Fsp3) is 0.533. The van der Waals surface area contributed by atoms with Crippen molar-refractivity contribution in [2.24, 2.45) is 0 Å². The van der Waals surface area contributed by atoms with E-state index in [1.54, 1.807) is 22.3 Å². The van der Waals surface area contributed by atoms with Crippen LogP contribution in [0.2, 0.25) is 0 Å². The second kappa shape index (κ2) is 6.08. The Kier molecular flexibility index (Phi) is 4.15. The number of piperidine rings is 1. The van der Waals surface area contributed by atoms with Crippen molar-refractivity contribution in [3.63, 3.8) is 0 Å². The van der Waals surface area contributed by atoms with Crippen molar-refractivity contribution in [1.29, 1.82) is 0 Å². The zero-order chi connectivity index (χ0) is 15.7. The van der Waals surface area contributed by atoms with Gasteiger partial charge in [-0.25, -0.2) is 9.78 Å². The summed E-state index contributed by atoms with van der Waals surface area (Å²) in [4.78, 5) is 31.2. The average molecular weight is 321 g/mol. The van der Waals surface area contributed by atoms with Crippen molar-refractivity contribution in [3.05, 3.63) is 23.6 Å². The van der Waals surface area contributed by atoms with E-state index in [0.717, 1.165) is 24.1 Å². The topological polar surface area (TPSA) is 63.9 Å². The van der Waals surface area contributed by atoms with Crippen LogP contribution in [-0.4, -0.2) is 44.9 Å². The Morgan fingerprint density at radius 2 is 2.09 bits per heavy atom. The minimum Gasteiger partial charge on any atom is -0.451 e. The van der Waals surface area contributed by atoms with Crippen LogP contribution in [0.15, 0.2) is 17.9 Å². The van der Waals surface area contributed by atoms with E-state index < -0.39 is 5.97 Å². The van der Waals surface area contributed by atoms with E-state index in [9.17, 15) is 9.59 Å². The third-order valence-corrected chi connectivity index (χ3v) is 5.06. The lowest BCUT2D eigenvalue weighted by atomic mass is 9.97. The molecule has 0 bridgehead atoms. The number of rotatable bonds is 3. The van der Waals surface area contributed by atoms with Gasteiger partial charge in [0.15, 0.2) is 6.61 Å². The van der Waals surface area contributed by atoms with E-state index in [1.807, 2.05) is 18.7 Å². The zero-order valence-electron chi connectivity index (χ0n) is 12.7. The lowest BCUT2D eigenvalue weighted by Crippen LogP contribution is -2.49. The van der Waals surface area contributed by atoms with Crippen molar-refractivity contribution >= 4 is 28.0 Å². The number of hydrogen-bond acceptors (Lipinski definition) is 5. The maximum absolute atomic E-state index is 12.3. The van der Waals surface area contributed by atoms with Crippen LogP contribution in [0, 0.1) is 0 Å². The molecule has 0 aromatic carbocycles. The highest BCUT2D eigenvalue weighted by Gasteiger charge is 2.29. The summed E-state index contributed by atoms with van der Waals surface area (Å²) in [5.74, 6) is -0.611. The number of ether oxygens (including phenoxy) is 1. The molecule has 1 amide bonds. The summed E-state index contributed by atoms with van der Waals surface area (Å²) in [6.45, 7) is 3.88. The second-order valence-electron chi connectivity index (χ2n) is 5.73. The van der Waals surface area contributed by atoms with Gasteiger partial charge in [-0.3, -0.25) is 9.20 Å². The Morgan fingerprint density at radius 1 is 1.36 bits per heavy atom. The lowest BCUT2D eigenvalue weighted by Gasteiger charge is -2.38. The molecule has 2 atom stereocenters. The fourth-order valence-electron chi connectivity index (χ4n) is 3.06. The summed E-state index contributed by atoms with van der Waals surface area (Å²) in [7, 11) is 0. The first kappa shape index (κ1) is 15.0. The van der Waals surface area contributed by atoms with Gasteiger partial charge in [0.2, 0.25) is 0 Å². The molecule has 3 heterocycles. The zero-order valence-corrected chi connectivity index (χ0v) is 13.5. The maximum Gasteiger partial charge on any atom is 0.356 e. The summed E-state index contributed by atoms with van der Waals surface area (Å²) < 4.78 is 6.87. The van der Waals surface area contributed by atoms with Crippen LogP contribution in [0.3, 0.4) is 0 Å². The number of carbonyl (C=O) groups excluding carboxylic acids is 2. The number of hydrogen-bond donors (Lipinski definition) is 0. The summed E-state index contributed by atoms with van der Waals surface area (Å²) >= 11 is 1.42. The van der Waals surface area contributed by atoms with Gasteiger partial charge in [0.1, 0.15) is 16.9 Å². The molecular formula is C15H19N3O3S. The minimum atomic E-state index is -0.491. The first-order chi connectivity index (χ1) is 10.6. The third-order valence-electron chi connectivity index (χ3n) is 4.17. The molecule has 1 aliphatic rings. The molecule has 0 spiro atoms. The highest BCUT2D eigenvalue weighted by molar-refractivity contribution is 7.15. The highest BCUT2D eigenvalue weighted by Crippen LogP contribution is 2.22. The van der Waals surface area contributed by atoms with E-state index in [4.69, 9.17) is 4.74 Å². The molecule has 2 aromatic rings. The van der Waals surface area contributed by atoms with Crippen LogP contribution >= 0.6 is 11.3 Å². The first-order valence-corrected chi connectivity index (χ1v) is 8.33. The van der Waals surface area contributed by atoms with Crippen LogP contribution in [0.4, 0.5) is 0 Å². The Labute approximate surface area is 132 Å². The SMILES string of the molecule is C[C@@H]1CCC[C@H](C)N1C(=O)COC(=O)c1csc2cncn12. The van der Waals surface area contributed by atoms with Gasteiger partial charge < -0.3 is 9.64 Å². The van der Waals surface area contributed by atoms with Crippen molar-refractivity contribution < 1.29 is 14.3 Å². The van der Waals surface area contributed by atoms with Gasteiger partial charge in [0.25, 0.3) is 5.91 Å². The quantitative estimate of drug-likeness (QED) is 0.814. The molecular weight excluding hydrogens is 302 g/mol. The predicted molar refractivity (Wildman–Crippen MR) is 83.0 cm³/mol. The Bertz CT molecular complexity index is 683. The molecule has 0 N–H and O–H groups in total. The van der Waals surface area contributed by atoms with E-state index in [2.05, 4.69) is 4.98 Å². The van der Waals surface area contributed by atoms with Crippen molar-refractivity contribution in [1.82, 2.24) is 14.3 Å². The van der Waals surface area contributed by atoms with Crippen LogP contribution < -0.4 is 0 Å². The molecule has 6 nitrogen and oxygen atoms in total. The molecule has 0 unspecified atom stereocenters. The number of imidazole rings is 1. The molecule has 1 fully saturated rings. The smallest absolute Gasteiger partial charge is 0.356 e. The Morgan fingerprint density at radius 3 is 2.82 bits per heavy atom. The average Bonchev–Trinajstić information content (AvgIpc) is 3.07. The molecule has 3 rings (SSSR count). The van der Waals surface area contributed by atoms with Gasteiger partial charge in [0, 0.05) is 17.5 Å². The second-order valence-corrected chi connectivity index (χ2v) is 6.62. The largest absolute Gasteiger partial charge is 0.451 e. The summed E-state index contributed by atoms with van der Waals surface area (Å²) in [5.41, 5.74) is 0.407. The molecule has 118 valence electrons. The van der Waals surface area contributed by atoms with Gasteiger partial charge in [-0.2, -0.15) is 0 Å². The van der Waals surface area contributed by atoms with Gasteiger partial charge in [-0.05, 0) is 33.1 Å².